The number of carbonyl (C=O) groups excluding carboxylic acids is 3. The molecule has 67 heavy (non-hydrogen) atoms. The molecule has 0 bridgehead atoms. The molecular formula is C58H114N2O7. The van der Waals surface area contributed by atoms with Crippen LogP contribution in [0.1, 0.15) is 298 Å². The topological polar surface area (TPSA) is 106 Å². The molecule has 9 nitrogen and oxygen atoms in total. The number of aliphatic hydroxyl groups excluding tert-OH is 1. The van der Waals surface area contributed by atoms with E-state index in [4.69, 9.17) is 14.2 Å². The zero-order valence-electron chi connectivity index (χ0n) is 45.7. The van der Waals surface area contributed by atoms with E-state index >= 15 is 0 Å². The Morgan fingerprint density at radius 1 is 0.373 bits per heavy atom. The van der Waals surface area contributed by atoms with Gasteiger partial charge in [-0.25, -0.2) is 4.79 Å². The summed E-state index contributed by atoms with van der Waals surface area (Å²) >= 11 is 0. The lowest BCUT2D eigenvalue weighted by Gasteiger charge is -2.26. The van der Waals surface area contributed by atoms with Crippen molar-refractivity contribution in [3.8, 4) is 0 Å². The smallest absolute Gasteiger partial charge is 0.410 e. The highest BCUT2D eigenvalue weighted by Crippen LogP contribution is 2.22. The Labute approximate surface area is 416 Å². The number of ether oxygens (including phenoxy) is 3. The molecule has 0 aromatic carbocycles. The van der Waals surface area contributed by atoms with E-state index in [1.807, 2.05) is 11.8 Å². The molecule has 0 aliphatic rings. The molecule has 0 aliphatic carbocycles. The summed E-state index contributed by atoms with van der Waals surface area (Å²) < 4.78 is 18.4. The Morgan fingerprint density at radius 2 is 0.672 bits per heavy atom. The van der Waals surface area contributed by atoms with E-state index in [1.165, 1.54) is 77.0 Å². The van der Waals surface area contributed by atoms with Crippen LogP contribution in [0.4, 0.5) is 4.79 Å². The maximum Gasteiger partial charge on any atom is 0.410 e. The highest BCUT2D eigenvalue weighted by atomic mass is 16.6. The van der Waals surface area contributed by atoms with Crippen LogP contribution in [0.3, 0.4) is 0 Å². The first-order chi connectivity index (χ1) is 32.6. The van der Waals surface area contributed by atoms with Crippen LogP contribution in [0.25, 0.3) is 0 Å². The van der Waals surface area contributed by atoms with Gasteiger partial charge in [0.15, 0.2) is 0 Å². The number of amides is 1. The second-order valence-electron chi connectivity index (χ2n) is 20.8. The van der Waals surface area contributed by atoms with Gasteiger partial charge in [0.05, 0.1) is 6.10 Å². The zero-order chi connectivity index (χ0) is 49.4. The molecule has 0 saturated heterocycles. The van der Waals surface area contributed by atoms with Gasteiger partial charge >= 0.3 is 18.0 Å². The molecule has 0 aromatic heterocycles. The second kappa shape index (κ2) is 49.1. The number of esters is 2. The lowest BCUT2D eigenvalue weighted by Crippen LogP contribution is -2.37. The van der Waals surface area contributed by atoms with Crippen LogP contribution in [0.2, 0.25) is 0 Å². The van der Waals surface area contributed by atoms with Crippen molar-refractivity contribution in [3.63, 3.8) is 0 Å². The van der Waals surface area contributed by atoms with Crippen molar-refractivity contribution in [2.24, 2.45) is 0 Å². The fourth-order valence-electron chi connectivity index (χ4n) is 9.18. The van der Waals surface area contributed by atoms with Crippen LogP contribution >= 0.6 is 0 Å². The Morgan fingerprint density at radius 3 is 1.03 bits per heavy atom. The van der Waals surface area contributed by atoms with Crippen LogP contribution in [0, 0.1) is 0 Å². The number of nitrogens with zero attached hydrogens (tertiary/aromatic N) is 2. The van der Waals surface area contributed by atoms with E-state index in [0.29, 0.717) is 25.9 Å². The van der Waals surface area contributed by atoms with Gasteiger partial charge in [-0.05, 0) is 137 Å². The number of hydrogen-bond acceptors (Lipinski definition) is 8. The molecule has 0 aromatic rings. The average Bonchev–Trinajstić information content (AvgIpc) is 3.29. The van der Waals surface area contributed by atoms with Crippen molar-refractivity contribution < 1.29 is 33.7 Å². The molecule has 0 heterocycles. The van der Waals surface area contributed by atoms with Gasteiger partial charge in [-0.2, -0.15) is 0 Å². The monoisotopic (exact) mass is 951 g/mol. The first-order valence-electron chi connectivity index (χ1n) is 29.2. The van der Waals surface area contributed by atoms with Crippen molar-refractivity contribution in [2.45, 2.75) is 322 Å². The molecule has 0 fully saturated rings. The van der Waals surface area contributed by atoms with Gasteiger partial charge in [0, 0.05) is 25.9 Å². The SMILES string of the molecule is CCCCCCC(CCCCCC)OC(=O)CCCCCCCCC(CCCCCCCCC(=O)OC(CCCCCC)CCCCCC)OC(=O)N(CCCCCC(C)O)CCCN(C)C. The largest absolute Gasteiger partial charge is 0.462 e. The van der Waals surface area contributed by atoms with Crippen LogP contribution in [0.5, 0.6) is 0 Å². The standard InChI is InChI=1S/C58H114N2O7/c1-8-12-16-30-41-53(42-31-17-13-9-2)65-56(62)47-36-26-22-20-24-34-45-55(67-58(64)60(51-39-49-59(6)7)50-38-28-29-40-52(5)61)46-35-25-21-23-27-37-48-57(63)66-54(43-32-18-14-10-3)44-33-19-15-11-4/h52-55,61H,8-51H2,1-7H3. The molecule has 0 spiro atoms. The summed E-state index contributed by atoms with van der Waals surface area (Å²) in [7, 11) is 4.14. The molecule has 0 aliphatic heterocycles. The Bertz CT molecular complexity index is 1010. The average molecular weight is 952 g/mol. The van der Waals surface area contributed by atoms with E-state index in [1.54, 1.807) is 0 Å². The number of unbranched alkanes of at least 4 members (excludes halogenated alkanes) is 24. The summed E-state index contributed by atoms with van der Waals surface area (Å²) in [5.74, 6) is -0.0256. The summed E-state index contributed by atoms with van der Waals surface area (Å²) in [5.41, 5.74) is 0. The molecule has 9 heteroatoms. The molecule has 1 N–H and O–H groups in total. The molecule has 0 saturated carbocycles. The minimum absolute atomic E-state index is 0.0128. The molecule has 1 unspecified atom stereocenters. The van der Waals surface area contributed by atoms with Crippen LogP contribution < -0.4 is 0 Å². The van der Waals surface area contributed by atoms with Crippen molar-refractivity contribution in [2.75, 3.05) is 33.7 Å². The zero-order valence-corrected chi connectivity index (χ0v) is 45.7. The number of rotatable bonds is 51. The predicted octanol–water partition coefficient (Wildman–Crippen LogP) is 16.6. The fraction of sp³-hybridized carbons (Fsp3) is 0.948. The summed E-state index contributed by atoms with van der Waals surface area (Å²) in [6, 6.07) is 0. The third-order valence-electron chi connectivity index (χ3n) is 13.5. The number of aliphatic hydroxyl groups is 1. The van der Waals surface area contributed by atoms with E-state index in [0.717, 1.165) is 180 Å². The summed E-state index contributed by atoms with van der Waals surface area (Å²) in [5, 5.41) is 9.71. The quantitative estimate of drug-likeness (QED) is 0.0365. The van der Waals surface area contributed by atoms with Gasteiger partial charge in [-0.15, -0.1) is 0 Å². The maximum absolute atomic E-state index is 13.7. The summed E-state index contributed by atoms with van der Waals surface area (Å²) in [6.45, 7) is 13.1. The number of carbonyl (C=O) groups is 3. The predicted molar refractivity (Wildman–Crippen MR) is 284 cm³/mol. The maximum atomic E-state index is 13.7. The lowest BCUT2D eigenvalue weighted by atomic mass is 10.0. The van der Waals surface area contributed by atoms with Crippen LogP contribution in [0.15, 0.2) is 0 Å². The molecule has 398 valence electrons. The van der Waals surface area contributed by atoms with Crippen LogP contribution in [-0.4, -0.2) is 91.1 Å². The minimum Gasteiger partial charge on any atom is -0.462 e. The highest BCUT2D eigenvalue weighted by molar-refractivity contribution is 5.70. The molecular weight excluding hydrogens is 837 g/mol. The highest BCUT2D eigenvalue weighted by Gasteiger charge is 2.21. The lowest BCUT2D eigenvalue weighted by molar-refractivity contribution is -0.151. The van der Waals surface area contributed by atoms with Crippen molar-refractivity contribution in [1.82, 2.24) is 9.80 Å². The molecule has 0 radical (unpaired) electrons. The Balaban J connectivity index is 5.03. The van der Waals surface area contributed by atoms with Gasteiger partial charge in [-0.3, -0.25) is 9.59 Å². The first kappa shape index (κ1) is 65.1. The van der Waals surface area contributed by atoms with Gasteiger partial charge in [-0.1, -0.05) is 169 Å². The molecule has 0 rings (SSSR count). The number of hydrogen-bond donors (Lipinski definition) is 1. The van der Waals surface area contributed by atoms with Crippen molar-refractivity contribution >= 4 is 18.0 Å². The van der Waals surface area contributed by atoms with Gasteiger partial charge < -0.3 is 29.1 Å². The Kier molecular flexibility index (Phi) is 47.8. The van der Waals surface area contributed by atoms with Crippen molar-refractivity contribution in [1.29, 1.82) is 0 Å². The van der Waals surface area contributed by atoms with Crippen molar-refractivity contribution in [3.05, 3.63) is 0 Å². The van der Waals surface area contributed by atoms with E-state index in [-0.39, 0.29) is 42.4 Å². The minimum atomic E-state index is -0.283. The molecule has 1 amide bonds. The van der Waals surface area contributed by atoms with Gasteiger partial charge in [0.1, 0.15) is 18.3 Å². The fourth-order valence-corrected chi connectivity index (χ4v) is 9.18. The third kappa shape index (κ3) is 45.0. The Hall–Kier alpha value is -1.87. The normalized spacial score (nSPS) is 12.2. The van der Waals surface area contributed by atoms with Gasteiger partial charge in [0.2, 0.25) is 0 Å². The third-order valence-corrected chi connectivity index (χ3v) is 13.5. The summed E-state index contributed by atoms with van der Waals surface area (Å²) in [6.07, 6.45) is 43.1. The summed E-state index contributed by atoms with van der Waals surface area (Å²) in [4.78, 5) is 43.4. The molecule has 1 atom stereocenters. The van der Waals surface area contributed by atoms with Crippen LogP contribution in [-0.2, 0) is 23.8 Å². The van der Waals surface area contributed by atoms with E-state index < -0.39 is 0 Å². The second-order valence-corrected chi connectivity index (χ2v) is 20.8. The van der Waals surface area contributed by atoms with E-state index in [9.17, 15) is 19.5 Å². The van der Waals surface area contributed by atoms with E-state index in [2.05, 4.69) is 46.7 Å². The van der Waals surface area contributed by atoms with Gasteiger partial charge in [0.25, 0.3) is 0 Å². The first-order valence-corrected chi connectivity index (χ1v) is 29.2.